The van der Waals surface area contributed by atoms with E-state index < -0.39 is 0 Å². The van der Waals surface area contributed by atoms with Crippen LogP contribution in [0.2, 0.25) is 0 Å². The third kappa shape index (κ3) is 2.90. The highest BCUT2D eigenvalue weighted by Gasteiger charge is 2.33. The van der Waals surface area contributed by atoms with Gasteiger partial charge in [-0.1, -0.05) is 37.3 Å². The van der Waals surface area contributed by atoms with Crippen LogP contribution in [-0.2, 0) is 0 Å². The van der Waals surface area contributed by atoms with Crippen molar-refractivity contribution in [3.05, 3.63) is 60.1 Å². The summed E-state index contributed by atoms with van der Waals surface area (Å²) >= 11 is 0. The zero-order chi connectivity index (χ0) is 13.1. The van der Waals surface area contributed by atoms with Gasteiger partial charge in [0.05, 0.1) is 12.3 Å². The predicted octanol–water partition coefficient (Wildman–Crippen LogP) is 4.47. The maximum Gasteiger partial charge on any atom is 0.120 e. The first kappa shape index (κ1) is 12.5. The highest BCUT2D eigenvalue weighted by molar-refractivity contribution is 5.22. The molecule has 0 radical (unpaired) electrons. The van der Waals surface area contributed by atoms with Gasteiger partial charge in [-0.2, -0.15) is 0 Å². The highest BCUT2D eigenvalue weighted by Crippen LogP contribution is 2.42. The molecule has 0 spiro atoms. The summed E-state index contributed by atoms with van der Waals surface area (Å²) in [5.74, 6) is 1.83. The molecule has 1 fully saturated rings. The first-order valence-corrected chi connectivity index (χ1v) is 7.23. The zero-order valence-corrected chi connectivity index (χ0v) is 11.4. The summed E-state index contributed by atoms with van der Waals surface area (Å²) in [6.07, 6.45) is 5.47. The van der Waals surface area contributed by atoms with Crippen molar-refractivity contribution < 1.29 is 4.42 Å². The Morgan fingerprint density at radius 1 is 1.16 bits per heavy atom. The van der Waals surface area contributed by atoms with Gasteiger partial charge in [-0.25, -0.2) is 0 Å². The number of nitrogens with one attached hydrogen (secondary N) is 1. The van der Waals surface area contributed by atoms with E-state index in [0.717, 1.165) is 18.1 Å². The van der Waals surface area contributed by atoms with Crippen LogP contribution in [0.25, 0.3) is 0 Å². The molecule has 2 unspecified atom stereocenters. The Kier molecular flexibility index (Phi) is 3.69. The maximum atomic E-state index is 5.56. The number of hydrogen-bond donors (Lipinski definition) is 1. The summed E-state index contributed by atoms with van der Waals surface area (Å²) in [6.45, 7) is 2.20. The molecule has 1 aromatic carbocycles. The van der Waals surface area contributed by atoms with Crippen molar-refractivity contribution in [2.24, 2.45) is 5.92 Å². The van der Waals surface area contributed by atoms with Crippen LogP contribution in [0.5, 0.6) is 0 Å². The molecule has 0 saturated heterocycles. The molecule has 1 heterocycles. The Morgan fingerprint density at radius 3 is 2.53 bits per heavy atom. The van der Waals surface area contributed by atoms with Crippen LogP contribution in [0.4, 0.5) is 0 Å². The average molecular weight is 255 g/mol. The van der Waals surface area contributed by atoms with Crippen LogP contribution in [0.15, 0.2) is 53.1 Å². The topological polar surface area (TPSA) is 25.2 Å². The van der Waals surface area contributed by atoms with Gasteiger partial charge in [0, 0.05) is 6.04 Å². The quantitative estimate of drug-likeness (QED) is 0.823. The first-order chi connectivity index (χ1) is 9.38. The van der Waals surface area contributed by atoms with Crippen molar-refractivity contribution in [1.29, 1.82) is 0 Å². The summed E-state index contributed by atoms with van der Waals surface area (Å²) in [5, 5.41) is 3.79. The van der Waals surface area contributed by atoms with Crippen molar-refractivity contribution in [2.45, 2.75) is 38.3 Å². The fourth-order valence-electron chi connectivity index (χ4n) is 2.70. The summed E-state index contributed by atoms with van der Waals surface area (Å²) in [5.41, 5.74) is 1.40. The molecule has 3 rings (SSSR count). The van der Waals surface area contributed by atoms with Crippen LogP contribution < -0.4 is 5.32 Å². The van der Waals surface area contributed by atoms with E-state index >= 15 is 0 Å². The normalized spacial score (nSPS) is 18.2. The minimum absolute atomic E-state index is 0.306. The minimum atomic E-state index is 0.306. The van der Waals surface area contributed by atoms with Crippen LogP contribution in [0.3, 0.4) is 0 Å². The second-order valence-electron chi connectivity index (χ2n) is 5.37. The van der Waals surface area contributed by atoms with Crippen molar-refractivity contribution in [2.75, 3.05) is 0 Å². The van der Waals surface area contributed by atoms with Gasteiger partial charge < -0.3 is 9.73 Å². The van der Waals surface area contributed by atoms with E-state index in [1.165, 1.54) is 18.4 Å². The van der Waals surface area contributed by atoms with Gasteiger partial charge in [0.1, 0.15) is 5.76 Å². The lowest BCUT2D eigenvalue weighted by Gasteiger charge is -2.24. The second kappa shape index (κ2) is 5.62. The number of rotatable bonds is 6. The highest BCUT2D eigenvalue weighted by atomic mass is 16.3. The molecule has 1 N–H and O–H groups in total. The van der Waals surface area contributed by atoms with Crippen LogP contribution >= 0.6 is 0 Å². The van der Waals surface area contributed by atoms with Crippen molar-refractivity contribution >= 4 is 0 Å². The van der Waals surface area contributed by atoms with Gasteiger partial charge in [-0.3, -0.25) is 0 Å². The molecule has 2 atom stereocenters. The van der Waals surface area contributed by atoms with Crippen molar-refractivity contribution in [3.8, 4) is 0 Å². The lowest BCUT2D eigenvalue weighted by Crippen LogP contribution is -2.27. The van der Waals surface area contributed by atoms with Crippen molar-refractivity contribution in [3.63, 3.8) is 0 Å². The molecule has 19 heavy (non-hydrogen) atoms. The molecule has 0 bridgehead atoms. The van der Waals surface area contributed by atoms with E-state index in [1.54, 1.807) is 6.26 Å². The third-order valence-electron chi connectivity index (χ3n) is 3.93. The summed E-state index contributed by atoms with van der Waals surface area (Å²) in [4.78, 5) is 0. The standard InChI is InChI=1S/C17H21NO/c1-2-15(16-9-6-12-19-16)18-17(14-10-11-14)13-7-4-3-5-8-13/h3-9,12,14-15,17-18H,2,10-11H2,1H3. The molecular weight excluding hydrogens is 234 g/mol. The van der Waals surface area contributed by atoms with Crippen LogP contribution in [0, 0.1) is 5.92 Å². The molecule has 2 nitrogen and oxygen atoms in total. The Labute approximate surface area is 114 Å². The third-order valence-corrected chi connectivity index (χ3v) is 3.93. The predicted molar refractivity (Wildman–Crippen MR) is 76.8 cm³/mol. The van der Waals surface area contributed by atoms with Crippen LogP contribution in [0.1, 0.15) is 49.6 Å². The van der Waals surface area contributed by atoms with Gasteiger partial charge in [0.25, 0.3) is 0 Å². The second-order valence-corrected chi connectivity index (χ2v) is 5.37. The zero-order valence-electron chi connectivity index (χ0n) is 11.4. The van der Waals surface area contributed by atoms with E-state index in [0.29, 0.717) is 12.1 Å². The van der Waals surface area contributed by atoms with E-state index in [2.05, 4.69) is 48.6 Å². The molecule has 2 heteroatoms. The first-order valence-electron chi connectivity index (χ1n) is 7.23. The molecule has 0 amide bonds. The fourth-order valence-corrected chi connectivity index (χ4v) is 2.70. The van der Waals surface area contributed by atoms with Crippen molar-refractivity contribution in [1.82, 2.24) is 5.32 Å². The number of hydrogen-bond acceptors (Lipinski definition) is 2. The number of furan rings is 1. The Hall–Kier alpha value is -1.54. The number of benzene rings is 1. The Morgan fingerprint density at radius 2 is 1.95 bits per heavy atom. The lowest BCUT2D eigenvalue weighted by molar-refractivity contribution is 0.349. The molecule has 100 valence electrons. The SMILES string of the molecule is CCC(NC(c1ccccc1)C1CC1)c1ccco1. The van der Waals surface area contributed by atoms with Gasteiger partial charge in [-0.15, -0.1) is 0 Å². The molecule has 0 aliphatic heterocycles. The fraction of sp³-hybridized carbons (Fsp3) is 0.412. The molecule has 1 saturated carbocycles. The smallest absolute Gasteiger partial charge is 0.120 e. The Balaban J connectivity index is 1.78. The molecule has 1 aliphatic rings. The van der Waals surface area contributed by atoms with E-state index in [-0.39, 0.29) is 0 Å². The largest absolute Gasteiger partial charge is 0.468 e. The van der Waals surface area contributed by atoms with Gasteiger partial charge in [0.15, 0.2) is 0 Å². The Bertz CT molecular complexity index is 487. The van der Waals surface area contributed by atoms with Gasteiger partial charge in [0.2, 0.25) is 0 Å². The summed E-state index contributed by atoms with van der Waals surface area (Å²) < 4.78 is 5.56. The van der Waals surface area contributed by atoms with Gasteiger partial charge in [-0.05, 0) is 42.9 Å². The average Bonchev–Trinajstić information content (AvgIpc) is 3.15. The molecule has 2 aromatic rings. The molecule has 1 aromatic heterocycles. The van der Waals surface area contributed by atoms with E-state index in [1.807, 2.05) is 6.07 Å². The van der Waals surface area contributed by atoms with Gasteiger partial charge >= 0.3 is 0 Å². The molecule has 1 aliphatic carbocycles. The molecular formula is C17H21NO. The lowest BCUT2D eigenvalue weighted by atomic mass is 10.00. The monoisotopic (exact) mass is 255 g/mol. The summed E-state index contributed by atoms with van der Waals surface area (Å²) in [6, 6.07) is 15.6. The minimum Gasteiger partial charge on any atom is -0.468 e. The van der Waals surface area contributed by atoms with Crippen LogP contribution in [-0.4, -0.2) is 0 Å². The maximum absolute atomic E-state index is 5.56. The summed E-state index contributed by atoms with van der Waals surface area (Å²) in [7, 11) is 0. The van der Waals surface area contributed by atoms with E-state index in [4.69, 9.17) is 4.42 Å². The van der Waals surface area contributed by atoms with E-state index in [9.17, 15) is 0 Å².